The third-order valence-electron chi connectivity index (χ3n) is 6.20. The predicted octanol–water partition coefficient (Wildman–Crippen LogP) is 5.27. The van der Waals surface area contributed by atoms with Crippen molar-refractivity contribution in [1.29, 1.82) is 0 Å². The van der Waals surface area contributed by atoms with Gasteiger partial charge in [-0.2, -0.15) is 18.3 Å². The molecule has 35 heavy (non-hydrogen) atoms. The second-order valence-electron chi connectivity index (χ2n) is 8.50. The second-order valence-corrected chi connectivity index (χ2v) is 8.50. The number of halogens is 3. The molecular weight excluding hydrogens is 459 g/mol. The average molecular weight is 481 g/mol. The van der Waals surface area contributed by atoms with Gasteiger partial charge >= 0.3 is 6.18 Å². The number of amides is 1. The van der Waals surface area contributed by atoms with Crippen molar-refractivity contribution in [2.45, 2.75) is 31.9 Å². The predicted molar refractivity (Wildman–Crippen MR) is 121 cm³/mol. The second kappa shape index (κ2) is 9.01. The monoisotopic (exact) mass is 481 g/mol. The van der Waals surface area contributed by atoms with Gasteiger partial charge in [-0.1, -0.05) is 18.2 Å². The Morgan fingerprint density at radius 2 is 1.80 bits per heavy atom. The van der Waals surface area contributed by atoms with Crippen LogP contribution in [0.1, 0.15) is 46.3 Å². The number of aromatic nitrogens is 4. The van der Waals surface area contributed by atoms with Crippen molar-refractivity contribution in [3.05, 3.63) is 83.5 Å². The zero-order valence-electron chi connectivity index (χ0n) is 18.9. The lowest BCUT2D eigenvalue weighted by atomic mass is 9.97. The zero-order valence-corrected chi connectivity index (χ0v) is 18.9. The molecule has 2 aromatic carbocycles. The number of carbonyl (C=O) groups is 1. The van der Waals surface area contributed by atoms with Gasteiger partial charge in [0, 0.05) is 18.7 Å². The van der Waals surface area contributed by atoms with Gasteiger partial charge in [-0.25, -0.2) is 4.68 Å². The molecule has 7 nitrogen and oxygen atoms in total. The summed E-state index contributed by atoms with van der Waals surface area (Å²) in [6.07, 6.45) is -1.29. The van der Waals surface area contributed by atoms with Crippen LogP contribution in [0.15, 0.2) is 65.2 Å². The Bertz CT molecular complexity index is 1330. The van der Waals surface area contributed by atoms with Crippen LogP contribution < -0.4 is 0 Å². The third kappa shape index (κ3) is 4.55. The summed E-state index contributed by atoms with van der Waals surface area (Å²) in [5, 5.41) is 12.5. The van der Waals surface area contributed by atoms with E-state index < -0.39 is 11.7 Å². The minimum Gasteiger partial charge on any atom is -0.420 e. The quantitative estimate of drug-likeness (QED) is 0.397. The van der Waals surface area contributed by atoms with Crippen LogP contribution in [-0.2, 0) is 6.18 Å². The van der Waals surface area contributed by atoms with Gasteiger partial charge in [-0.3, -0.25) is 4.79 Å². The van der Waals surface area contributed by atoms with E-state index >= 15 is 0 Å². The zero-order chi connectivity index (χ0) is 24.6. The lowest BCUT2D eigenvalue weighted by Crippen LogP contribution is -2.39. The Morgan fingerprint density at radius 3 is 2.51 bits per heavy atom. The molecule has 1 aliphatic heterocycles. The topological polar surface area (TPSA) is 77.1 Å². The SMILES string of the molecule is Cc1c(C(=O)N2CCCC(c3nnc(-c4ccc(C(F)(F)F)cc4)o3)C2)cnn1-c1ccccc1. The maximum atomic E-state index is 13.3. The fourth-order valence-corrected chi connectivity index (χ4v) is 4.30. The van der Waals surface area contributed by atoms with E-state index in [9.17, 15) is 18.0 Å². The molecule has 0 radical (unpaired) electrons. The summed E-state index contributed by atoms with van der Waals surface area (Å²) >= 11 is 0. The van der Waals surface area contributed by atoms with Crippen molar-refractivity contribution >= 4 is 5.91 Å². The number of para-hydroxylation sites is 1. The van der Waals surface area contributed by atoms with Crippen molar-refractivity contribution in [2.24, 2.45) is 0 Å². The smallest absolute Gasteiger partial charge is 0.416 e. The van der Waals surface area contributed by atoms with Gasteiger partial charge in [0.05, 0.1) is 34.6 Å². The van der Waals surface area contributed by atoms with Crippen molar-refractivity contribution in [2.75, 3.05) is 13.1 Å². The van der Waals surface area contributed by atoms with Gasteiger partial charge in [-0.05, 0) is 56.2 Å². The van der Waals surface area contributed by atoms with Crippen LogP contribution in [0.2, 0.25) is 0 Å². The molecule has 1 saturated heterocycles. The highest BCUT2D eigenvalue weighted by Gasteiger charge is 2.32. The summed E-state index contributed by atoms with van der Waals surface area (Å²) < 4.78 is 46.0. The molecule has 180 valence electrons. The molecule has 1 fully saturated rings. The number of likely N-dealkylation sites (tertiary alicyclic amines) is 1. The maximum absolute atomic E-state index is 13.3. The molecule has 10 heteroatoms. The molecule has 4 aromatic rings. The third-order valence-corrected chi connectivity index (χ3v) is 6.20. The molecule has 1 atom stereocenters. The molecule has 0 spiro atoms. The highest BCUT2D eigenvalue weighted by molar-refractivity contribution is 5.95. The van der Waals surface area contributed by atoms with E-state index in [-0.39, 0.29) is 17.7 Å². The van der Waals surface area contributed by atoms with Crippen LogP contribution in [0.5, 0.6) is 0 Å². The Labute approximate surface area is 199 Å². The van der Waals surface area contributed by atoms with Crippen molar-refractivity contribution in [3.63, 3.8) is 0 Å². The number of hydrogen-bond donors (Lipinski definition) is 0. The standard InChI is InChI=1S/C25H22F3N5O2/c1-16-21(14-29-33(16)20-7-3-2-4-8-20)24(34)32-13-5-6-18(15-32)23-31-30-22(35-23)17-9-11-19(12-10-17)25(26,27)28/h2-4,7-12,14,18H,5-6,13,15H2,1H3. The van der Waals surface area contributed by atoms with Crippen LogP contribution in [0, 0.1) is 6.92 Å². The molecule has 1 amide bonds. The Morgan fingerprint density at radius 1 is 1.06 bits per heavy atom. The van der Waals surface area contributed by atoms with Gasteiger partial charge in [-0.15, -0.1) is 10.2 Å². The number of hydrogen-bond acceptors (Lipinski definition) is 5. The van der Waals surface area contributed by atoms with Gasteiger partial charge in [0.1, 0.15) is 0 Å². The fourth-order valence-electron chi connectivity index (χ4n) is 4.30. The van der Waals surface area contributed by atoms with Crippen LogP contribution in [0.25, 0.3) is 17.1 Å². The molecule has 1 aliphatic rings. The number of alkyl halides is 3. The molecule has 0 aliphatic carbocycles. The lowest BCUT2D eigenvalue weighted by molar-refractivity contribution is -0.137. The summed E-state index contributed by atoms with van der Waals surface area (Å²) in [4.78, 5) is 15.1. The van der Waals surface area contributed by atoms with Gasteiger partial charge in [0.15, 0.2) is 0 Å². The fraction of sp³-hybridized carbons (Fsp3) is 0.280. The normalized spacial score (nSPS) is 16.5. The van der Waals surface area contributed by atoms with Crippen LogP contribution >= 0.6 is 0 Å². The molecule has 0 N–H and O–H groups in total. The highest BCUT2D eigenvalue weighted by atomic mass is 19.4. The lowest BCUT2D eigenvalue weighted by Gasteiger charge is -2.31. The number of carbonyl (C=O) groups excluding carboxylic acids is 1. The first-order chi connectivity index (χ1) is 16.8. The number of benzene rings is 2. The van der Waals surface area contributed by atoms with Gasteiger partial charge in [0.25, 0.3) is 5.91 Å². The Balaban J connectivity index is 1.31. The molecule has 5 rings (SSSR count). The molecule has 2 aromatic heterocycles. The van der Waals surface area contributed by atoms with E-state index in [1.807, 2.05) is 37.3 Å². The van der Waals surface area contributed by atoms with Crippen LogP contribution in [-0.4, -0.2) is 43.9 Å². The summed E-state index contributed by atoms with van der Waals surface area (Å²) in [6.45, 7) is 2.87. The Kier molecular flexibility index (Phi) is 5.88. The van der Waals surface area contributed by atoms with Gasteiger partial charge in [0.2, 0.25) is 11.8 Å². The molecule has 1 unspecified atom stereocenters. The van der Waals surface area contributed by atoms with Crippen molar-refractivity contribution in [1.82, 2.24) is 24.9 Å². The van der Waals surface area contributed by atoms with E-state index in [4.69, 9.17) is 4.42 Å². The maximum Gasteiger partial charge on any atom is 0.416 e. The largest absolute Gasteiger partial charge is 0.420 e. The summed E-state index contributed by atoms with van der Waals surface area (Å²) in [5.41, 5.74) is 1.83. The van der Waals surface area contributed by atoms with E-state index in [2.05, 4.69) is 15.3 Å². The number of piperidine rings is 1. The number of rotatable bonds is 4. The Hall–Kier alpha value is -3.95. The van der Waals surface area contributed by atoms with Crippen LogP contribution in [0.3, 0.4) is 0 Å². The summed E-state index contributed by atoms with van der Waals surface area (Å²) in [7, 11) is 0. The minimum absolute atomic E-state index is 0.114. The average Bonchev–Trinajstić information content (AvgIpc) is 3.51. The van der Waals surface area contributed by atoms with Crippen LogP contribution in [0.4, 0.5) is 13.2 Å². The molecular formula is C25H22F3N5O2. The number of nitrogens with zero attached hydrogens (tertiary/aromatic N) is 5. The summed E-state index contributed by atoms with van der Waals surface area (Å²) in [5.74, 6) is 0.246. The van der Waals surface area contributed by atoms with E-state index in [1.165, 1.54) is 12.1 Å². The van der Waals surface area contributed by atoms with E-state index in [1.54, 1.807) is 15.8 Å². The molecule has 0 bridgehead atoms. The van der Waals surface area contributed by atoms with Gasteiger partial charge < -0.3 is 9.32 Å². The minimum atomic E-state index is -4.41. The molecule has 0 saturated carbocycles. The van der Waals surface area contributed by atoms with E-state index in [0.717, 1.165) is 36.4 Å². The van der Waals surface area contributed by atoms with Crippen molar-refractivity contribution in [3.8, 4) is 17.1 Å². The first kappa shape index (κ1) is 22.8. The first-order valence-electron chi connectivity index (χ1n) is 11.2. The molecule has 3 heterocycles. The highest BCUT2D eigenvalue weighted by Crippen LogP contribution is 2.32. The van der Waals surface area contributed by atoms with Crippen molar-refractivity contribution < 1.29 is 22.4 Å². The van der Waals surface area contributed by atoms with E-state index in [0.29, 0.717) is 30.1 Å². The summed E-state index contributed by atoms with van der Waals surface area (Å²) in [6, 6.07) is 14.2. The first-order valence-corrected chi connectivity index (χ1v) is 11.2.